The number of carbonyl (C=O) groups excluding carboxylic acids is 1. The van der Waals surface area contributed by atoms with Crippen LogP contribution in [0, 0.1) is 0 Å². The van der Waals surface area contributed by atoms with Crippen molar-refractivity contribution in [3.05, 3.63) is 57.8 Å². The fraction of sp³-hybridized carbons (Fsp3) is 0.250. The van der Waals surface area contributed by atoms with E-state index in [1.54, 1.807) is 13.3 Å². The Balaban J connectivity index is 2.14. The molecular formula is C16H16BrNO3. The van der Waals surface area contributed by atoms with E-state index in [0.29, 0.717) is 12.1 Å². The molecule has 0 atom stereocenters. The van der Waals surface area contributed by atoms with E-state index in [2.05, 4.69) is 20.9 Å². The second-order valence-corrected chi connectivity index (χ2v) is 5.42. The SMILES string of the molecule is COC(=O)c1ncc(Br)cc1CCc1ccc(OC)cc1. The highest BCUT2D eigenvalue weighted by molar-refractivity contribution is 9.10. The lowest BCUT2D eigenvalue weighted by Gasteiger charge is -2.08. The lowest BCUT2D eigenvalue weighted by atomic mass is 10.0. The molecule has 0 saturated carbocycles. The first kappa shape index (κ1) is 15.5. The third-order valence-corrected chi connectivity index (χ3v) is 3.59. The highest BCUT2D eigenvalue weighted by atomic mass is 79.9. The van der Waals surface area contributed by atoms with Gasteiger partial charge >= 0.3 is 5.97 Å². The van der Waals surface area contributed by atoms with Crippen LogP contribution in [0.3, 0.4) is 0 Å². The molecule has 0 spiro atoms. The van der Waals surface area contributed by atoms with Crippen LogP contribution in [-0.2, 0) is 17.6 Å². The van der Waals surface area contributed by atoms with Gasteiger partial charge in [0.15, 0.2) is 5.69 Å². The second-order valence-electron chi connectivity index (χ2n) is 4.50. The Morgan fingerprint density at radius 2 is 1.90 bits per heavy atom. The minimum atomic E-state index is -0.410. The second kappa shape index (κ2) is 7.22. The summed E-state index contributed by atoms with van der Waals surface area (Å²) in [5.41, 5.74) is 2.41. The number of pyridine rings is 1. The molecule has 2 aromatic rings. The van der Waals surface area contributed by atoms with Crippen molar-refractivity contribution in [3.8, 4) is 5.75 Å². The summed E-state index contributed by atoms with van der Waals surface area (Å²) in [5, 5.41) is 0. The van der Waals surface area contributed by atoms with Crippen LogP contribution in [0.1, 0.15) is 21.6 Å². The first-order chi connectivity index (χ1) is 10.1. The minimum absolute atomic E-state index is 0.370. The van der Waals surface area contributed by atoms with Gasteiger partial charge in [0.25, 0.3) is 0 Å². The Labute approximate surface area is 132 Å². The summed E-state index contributed by atoms with van der Waals surface area (Å²) >= 11 is 3.38. The maximum absolute atomic E-state index is 11.7. The van der Waals surface area contributed by atoms with Crippen LogP contribution in [0.15, 0.2) is 41.0 Å². The summed E-state index contributed by atoms with van der Waals surface area (Å²) in [6.07, 6.45) is 3.12. The topological polar surface area (TPSA) is 48.4 Å². The average molecular weight is 350 g/mol. The van der Waals surface area contributed by atoms with Crippen LogP contribution in [0.25, 0.3) is 0 Å². The van der Waals surface area contributed by atoms with Crippen molar-refractivity contribution in [2.24, 2.45) is 0 Å². The summed E-state index contributed by atoms with van der Waals surface area (Å²) in [6, 6.07) is 9.79. The molecule has 4 nitrogen and oxygen atoms in total. The van der Waals surface area contributed by atoms with Gasteiger partial charge in [0.2, 0.25) is 0 Å². The third-order valence-electron chi connectivity index (χ3n) is 3.15. The van der Waals surface area contributed by atoms with Crippen molar-refractivity contribution >= 4 is 21.9 Å². The van der Waals surface area contributed by atoms with Gasteiger partial charge in [-0.3, -0.25) is 0 Å². The molecule has 1 aromatic heterocycles. The first-order valence-corrected chi connectivity index (χ1v) is 7.29. The minimum Gasteiger partial charge on any atom is -0.497 e. The number of ether oxygens (including phenoxy) is 2. The highest BCUT2D eigenvalue weighted by Crippen LogP contribution is 2.18. The van der Waals surface area contributed by atoms with E-state index in [1.807, 2.05) is 30.3 Å². The number of hydrogen-bond acceptors (Lipinski definition) is 4. The van der Waals surface area contributed by atoms with Gasteiger partial charge in [-0.1, -0.05) is 12.1 Å². The quantitative estimate of drug-likeness (QED) is 0.776. The van der Waals surface area contributed by atoms with Crippen molar-refractivity contribution < 1.29 is 14.3 Å². The van der Waals surface area contributed by atoms with Crippen molar-refractivity contribution in [1.82, 2.24) is 4.98 Å². The van der Waals surface area contributed by atoms with Crippen LogP contribution in [0.2, 0.25) is 0 Å². The van der Waals surface area contributed by atoms with Crippen molar-refractivity contribution in [2.45, 2.75) is 12.8 Å². The molecule has 1 heterocycles. The predicted octanol–water partition coefficient (Wildman–Crippen LogP) is 3.42. The third kappa shape index (κ3) is 4.04. The van der Waals surface area contributed by atoms with Crippen molar-refractivity contribution in [3.63, 3.8) is 0 Å². The van der Waals surface area contributed by atoms with Gasteiger partial charge in [-0.15, -0.1) is 0 Å². The van der Waals surface area contributed by atoms with Gasteiger partial charge < -0.3 is 9.47 Å². The molecule has 0 bridgehead atoms. The zero-order chi connectivity index (χ0) is 15.2. The fourth-order valence-corrected chi connectivity index (χ4v) is 2.40. The van der Waals surface area contributed by atoms with E-state index in [4.69, 9.17) is 9.47 Å². The van der Waals surface area contributed by atoms with E-state index >= 15 is 0 Å². The molecule has 0 unspecified atom stereocenters. The zero-order valence-corrected chi connectivity index (χ0v) is 13.5. The van der Waals surface area contributed by atoms with Gasteiger partial charge in [0.1, 0.15) is 5.75 Å². The summed E-state index contributed by atoms with van der Waals surface area (Å²) in [6.45, 7) is 0. The van der Waals surface area contributed by atoms with E-state index < -0.39 is 5.97 Å². The summed E-state index contributed by atoms with van der Waals surface area (Å²) < 4.78 is 10.7. The first-order valence-electron chi connectivity index (χ1n) is 6.49. The summed E-state index contributed by atoms with van der Waals surface area (Å²) in [4.78, 5) is 15.9. The van der Waals surface area contributed by atoms with E-state index in [0.717, 1.165) is 22.2 Å². The number of carbonyl (C=O) groups is 1. The molecular weight excluding hydrogens is 334 g/mol. The fourth-order valence-electron chi connectivity index (χ4n) is 2.02. The van der Waals surface area contributed by atoms with Crippen LogP contribution in [0.4, 0.5) is 0 Å². The number of rotatable bonds is 5. The Kier molecular flexibility index (Phi) is 5.33. The molecule has 1 aromatic carbocycles. The Morgan fingerprint density at radius 3 is 2.52 bits per heavy atom. The molecule has 5 heteroatoms. The van der Waals surface area contributed by atoms with Gasteiger partial charge in [-0.05, 0) is 58.1 Å². The van der Waals surface area contributed by atoms with Crippen LogP contribution < -0.4 is 4.74 Å². The molecule has 0 aliphatic carbocycles. The lowest BCUT2D eigenvalue weighted by Crippen LogP contribution is -2.09. The summed E-state index contributed by atoms with van der Waals surface area (Å²) in [7, 11) is 3.00. The molecule has 0 amide bonds. The standard InChI is InChI=1S/C16H16BrNO3/c1-20-14-7-4-11(5-8-14)3-6-12-9-13(17)10-18-15(12)16(19)21-2/h4-5,7-10H,3,6H2,1-2H3. The van der Waals surface area contributed by atoms with E-state index in [-0.39, 0.29) is 0 Å². The van der Waals surface area contributed by atoms with Gasteiger partial charge in [0.05, 0.1) is 14.2 Å². The number of esters is 1. The van der Waals surface area contributed by atoms with Crippen LogP contribution in [-0.4, -0.2) is 25.2 Å². The normalized spacial score (nSPS) is 10.2. The molecule has 0 N–H and O–H groups in total. The number of aryl methyl sites for hydroxylation is 2. The average Bonchev–Trinajstić information content (AvgIpc) is 2.52. The van der Waals surface area contributed by atoms with Crippen molar-refractivity contribution in [2.75, 3.05) is 14.2 Å². The monoisotopic (exact) mass is 349 g/mol. The largest absolute Gasteiger partial charge is 0.497 e. The van der Waals surface area contributed by atoms with Gasteiger partial charge in [0, 0.05) is 10.7 Å². The van der Waals surface area contributed by atoms with Crippen molar-refractivity contribution in [1.29, 1.82) is 0 Å². The Morgan fingerprint density at radius 1 is 1.19 bits per heavy atom. The number of halogens is 1. The molecule has 0 saturated heterocycles. The zero-order valence-electron chi connectivity index (χ0n) is 11.9. The number of hydrogen-bond donors (Lipinski definition) is 0. The molecule has 21 heavy (non-hydrogen) atoms. The molecule has 0 aliphatic heterocycles. The molecule has 2 rings (SSSR count). The molecule has 0 radical (unpaired) electrons. The van der Waals surface area contributed by atoms with Gasteiger partial charge in [-0.2, -0.15) is 0 Å². The molecule has 0 fully saturated rings. The molecule has 110 valence electrons. The number of nitrogens with zero attached hydrogens (tertiary/aromatic N) is 1. The Bertz CT molecular complexity index is 626. The number of aromatic nitrogens is 1. The number of methoxy groups -OCH3 is 2. The smallest absolute Gasteiger partial charge is 0.356 e. The maximum Gasteiger partial charge on any atom is 0.356 e. The van der Waals surface area contributed by atoms with E-state index in [1.165, 1.54) is 12.7 Å². The van der Waals surface area contributed by atoms with E-state index in [9.17, 15) is 4.79 Å². The van der Waals surface area contributed by atoms with Gasteiger partial charge in [-0.25, -0.2) is 9.78 Å². The Hall–Kier alpha value is -1.88. The lowest BCUT2D eigenvalue weighted by molar-refractivity contribution is 0.0592. The predicted molar refractivity (Wildman–Crippen MR) is 83.7 cm³/mol. The van der Waals surface area contributed by atoms with Crippen LogP contribution in [0.5, 0.6) is 5.75 Å². The maximum atomic E-state index is 11.7. The highest BCUT2D eigenvalue weighted by Gasteiger charge is 2.14. The number of benzene rings is 1. The summed E-state index contributed by atoms with van der Waals surface area (Å²) in [5.74, 6) is 0.422. The molecule has 0 aliphatic rings. The van der Waals surface area contributed by atoms with Crippen LogP contribution >= 0.6 is 15.9 Å².